The molecule has 0 amide bonds. The summed E-state index contributed by atoms with van der Waals surface area (Å²) in [6.45, 7) is 6.33. The molecular weight excluding hydrogens is 308 g/mol. The van der Waals surface area contributed by atoms with Crippen molar-refractivity contribution in [2.75, 3.05) is 19.6 Å². The summed E-state index contributed by atoms with van der Waals surface area (Å²) in [6, 6.07) is 4.92. The van der Waals surface area contributed by atoms with Crippen LogP contribution in [0.3, 0.4) is 0 Å². The van der Waals surface area contributed by atoms with E-state index < -0.39 is 10.0 Å². The van der Waals surface area contributed by atoms with Gasteiger partial charge in [-0.25, -0.2) is 8.42 Å². The molecule has 0 fully saturated rings. The van der Waals surface area contributed by atoms with Gasteiger partial charge < -0.3 is 5.32 Å². The second-order valence-corrected chi connectivity index (χ2v) is 7.56. The first-order chi connectivity index (χ1) is 9.95. The number of rotatable bonds is 5. The molecule has 0 aliphatic carbocycles. The molecule has 2 rings (SSSR count). The Bertz CT molecular complexity index is 641. The van der Waals surface area contributed by atoms with Crippen molar-refractivity contribution in [1.29, 1.82) is 0 Å². The Morgan fingerprint density at radius 3 is 2.81 bits per heavy atom. The van der Waals surface area contributed by atoms with Gasteiger partial charge in [-0.3, -0.25) is 0 Å². The van der Waals surface area contributed by atoms with Crippen LogP contribution in [0.5, 0.6) is 0 Å². The third-order valence-electron chi connectivity index (χ3n) is 3.52. The molecule has 0 bridgehead atoms. The van der Waals surface area contributed by atoms with E-state index in [0.29, 0.717) is 29.6 Å². The number of hydrogen-bond donors (Lipinski definition) is 1. The van der Waals surface area contributed by atoms with Gasteiger partial charge in [0, 0.05) is 24.7 Å². The SMILES string of the molecule is CCNCc1cc(S(=O)(=O)N2CCC=C(C)C2)ccc1Cl. The minimum absolute atomic E-state index is 0.314. The van der Waals surface area contributed by atoms with E-state index in [0.717, 1.165) is 24.1 Å². The summed E-state index contributed by atoms with van der Waals surface area (Å²) >= 11 is 6.13. The van der Waals surface area contributed by atoms with E-state index in [2.05, 4.69) is 11.4 Å². The number of hydrogen-bond acceptors (Lipinski definition) is 3. The van der Waals surface area contributed by atoms with Crippen molar-refractivity contribution in [2.24, 2.45) is 0 Å². The fraction of sp³-hybridized carbons (Fsp3) is 0.467. The fourth-order valence-corrected chi connectivity index (χ4v) is 4.07. The van der Waals surface area contributed by atoms with E-state index in [1.54, 1.807) is 18.2 Å². The lowest BCUT2D eigenvalue weighted by Gasteiger charge is -2.25. The molecule has 0 radical (unpaired) electrons. The first-order valence-corrected chi connectivity index (χ1v) is 8.92. The molecule has 0 saturated heterocycles. The second-order valence-electron chi connectivity index (χ2n) is 5.21. The Morgan fingerprint density at radius 1 is 1.38 bits per heavy atom. The van der Waals surface area contributed by atoms with Crippen LogP contribution in [0.15, 0.2) is 34.7 Å². The molecule has 1 aromatic rings. The second kappa shape index (κ2) is 6.92. The lowest BCUT2D eigenvalue weighted by atomic mass is 10.2. The summed E-state index contributed by atoms with van der Waals surface area (Å²) in [4.78, 5) is 0.314. The molecular formula is C15H21ClN2O2S. The van der Waals surface area contributed by atoms with Gasteiger partial charge in [-0.2, -0.15) is 4.31 Å². The lowest BCUT2D eigenvalue weighted by molar-refractivity contribution is 0.428. The molecule has 0 saturated carbocycles. The summed E-state index contributed by atoms with van der Waals surface area (Å²) < 4.78 is 26.9. The molecule has 1 N–H and O–H groups in total. The van der Waals surface area contributed by atoms with E-state index in [9.17, 15) is 8.42 Å². The highest BCUT2D eigenvalue weighted by Gasteiger charge is 2.26. The molecule has 1 aliphatic heterocycles. The van der Waals surface area contributed by atoms with Crippen LogP contribution in [0.1, 0.15) is 25.8 Å². The van der Waals surface area contributed by atoms with Crippen molar-refractivity contribution >= 4 is 21.6 Å². The maximum absolute atomic E-state index is 12.7. The minimum atomic E-state index is -3.45. The smallest absolute Gasteiger partial charge is 0.243 e. The number of halogens is 1. The van der Waals surface area contributed by atoms with Gasteiger partial charge in [0.05, 0.1) is 4.90 Å². The van der Waals surface area contributed by atoms with Gasteiger partial charge in [0.15, 0.2) is 0 Å². The largest absolute Gasteiger partial charge is 0.313 e. The van der Waals surface area contributed by atoms with Crippen molar-refractivity contribution in [3.8, 4) is 0 Å². The Labute approximate surface area is 131 Å². The quantitative estimate of drug-likeness (QED) is 0.846. The lowest BCUT2D eigenvalue weighted by Crippen LogP contribution is -2.35. The Balaban J connectivity index is 2.30. The fourth-order valence-electron chi connectivity index (χ4n) is 2.34. The van der Waals surface area contributed by atoms with Crippen LogP contribution in [0, 0.1) is 0 Å². The van der Waals surface area contributed by atoms with Crippen LogP contribution >= 0.6 is 11.6 Å². The van der Waals surface area contributed by atoms with Crippen molar-refractivity contribution < 1.29 is 8.42 Å². The van der Waals surface area contributed by atoms with Crippen LogP contribution in [0.4, 0.5) is 0 Å². The molecule has 0 spiro atoms. The highest BCUT2D eigenvalue weighted by Crippen LogP contribution is 2.25. The van der Waals surface area contributed by atoms with Gasteiger partial charge in [-0.05, 0) is 43.7 Å². The summed E-state index contributed by atoms with van der Waals surface area (Å²) in [7, 11) is -3.45. The van der Waals surface area contributed by atoms with Gasteiger partial charge in [0.2, 0.25) is 10.0 Å². The number of nitrogens with zero attached hydrogens (tertiary/aromatic N) is 1. The van der Waals surface area contributed by atoms with E-state index in [1.165, 1.54) is 4.31 Å². The zero-order valence-corrected chi connectivity index (χ0v) is 14.0. The van der Waals surface area contributed by atoms with Crippen LogP contribution in [0.25, 0.3) is 0 Å². The third-order valence-corrected chi connectivity index (χ3v) is 5.73. The highest BCUT2D eigenvalue weighted by molar-refractivity contribution is 7.89. The standard InChI is InChI=1S/C15H21ClN2O2S/c1-3-17-10-13-9-14(6-7-15(13)16)21(19,20)18-8-4-5-12(2)11-18/h5-7,9,17H,3-4,8,10-11H2,1-2H3. The molecule has 1 heterocycles. The Kier molecular flexibility index (Phi) is 5.43. The van der Waals surface area contributed by atoms with Crippen molar-refractivity contribution in [3.05, 3.63) is 40.4 Å². The molecule has 6 heteroatoms. The van der Waals surface area contributed by atoms with Crippen LogP contribution in [-0.4, -0.2) is 32.4 Å². The van der Waals surface area contributed by atoms with Gasteiger partial charge in [-0.1, -0.05) is 30.2 Å². The maximum atomic E-state index is 12.7. The summed E-state index contributed by atoms with van der Waals surface area (Å²) in [6.07, 6.45) is 2.85. The van der Waals surface area contributed by atoms with Crippen LogP contribution in [-0.2, 0) is 16.6 Å². The zero-order valence-electron chi connectivity index (χ0n) is 12.4. The maximum Gasteiger partial charge on any atom is 0.243 e. The molecule has 21 heavy (non-hydrogen) atoms. The van der Waals surface area contributed by atoms with Crippen molar-refractivity contribution in [2.45, 2.75) is 31.7 Å². The normalized spacial score (nSPS) is 16.8. The molecule has 1 aliphatic rings. The summed E-state index contributed by atoms with van der Waals surface area (Å²) in [5.41, 5.74) is 1.90. The first kappa shape index (κ1) is 16.5. The molecule has 0 unspecified atom stereocenters. The average Bonchev–Trinajstić information content (AvgIpc) is 2.46. The zero-order chi connectivity index (χ0) is 15.5. The Morgan fingerprint density at radius 2 is 2.14 bits per heavy atom. The topological polar surface area (TPSA) is 49.4 Å². The molecule has 4 nitrogen and oxygen atoms in total. The molecule has 116 valence electrons. The van der Waals surface area contributed by atoms with E-state index >= 15 is 0 Å². The number of sulfonamides is 1. The van der Waals surface area contributed by atoms with E-state index in [4.69, 9.17) is 11.6 Å². The monoisotopic (exact) mass is 328 g/mol. The Hall–Kier alpha value is -0.880. The molecule has 0 atom stereocenters. The van der Waals surface area contributed by atoms with Gasteiger partial charge in [-0.15, -0.1) is 0 Å². The van der Waals surface area contributed by atoms with Crippen molar-refractivity contribution in [1.82, 2.24) is 9.62 Å². The van der Waals surface area contributed by atoms with E-state index in [1.807, 2.05) is 13.8 Å². The van der Waals surface area contributed by atoms with Crippen molar-refractivity contribution in [3.63, 3.8) is 0 Å². The number of nitrogens with one attached hydrogen (secondary N) is 1. The summed E-state index contributed by atoms with van der Waals surface area (Å²) in [5.74, 6) is 0. The predicted molar refractivity (Wildman–Crippen MR) is 86.0 cm³/mol. The summed E-state index contributed by atoms with van der Waals surface area (Å²) in [5, 5.41) is 3.76. The number of benzene rings is 1. The highest BCUT2D eigenvalue weighted by atomic mass is 35.5. The van der Waals surface area contributed by atoms with Gasteiger partial charge in [0.25, 0.3) is 0 Å². The van der Waals surface area contributed by atoms with E-state index in [-0.39, 0.29) is 0 Å². The minimum Gasteiger partial charge on any atom is -0.313 e. The molecule has 1 aromatic carbocycles. The van der Waals surface area contributed by atoms with Gasteiger partial charge in [0.1, 0.15) is 0 Å². The first-order valence-electron chi connectivity index (χ1n) is 7.10. The van der Waals surface area contributed by atoms with Crippen LogP contribution in [0.2, 0.25) is 5.02 Å². The van der Waals surface area contributed by atoms with Gasteiger partial charge >= 0.3 is 0 Å². The predicted octanol–water partition coefficient (Wildman–Crippen LogP) is 2.79. The third kappa shape index (κ3) is 3.86. The van der Waals surface area contributed by atoms with Crippen LogP contribution < -0.4 is 5.32 Å². The average molecular weight is 329 g/mol. The molecule has 0 aromatic heterocycles.